The number of hydrogen-bond acceptors (Lipinski definition) is 2. The van der Waals surface area contributed by atoms with Crippen LogP contribution in [0.5, 0.6) is 0 Å². The van der Waals surface area contributed by atoms with Crippen LogP contribution in [0.15, 0.2) is 0 Å². The molecule has 0 amide bonds. The summed E-state index contributed by atoms with van der Waals surface area (Å²) in [6.07, 6.45) is 5.28. The van der Waals surface area contributed by atoms with Crippen LogP contribution in [-0.2, 0) is 4.79 Å². The highest BCUT2D eigenvalue weighted by atomic mass is 16.4. The van der Waals surface area contributed by atoms with Gasteiger partial charge in [-0.05, 0) is 25.7 Å². The van der Waals surface area contributed by atoms with Gasteiger partial charge >= 0.3 is 5.97 Å². The fourth-order valence-corrected chi connectivity index (χ4v) is 2.07. The number of nitrogens with one attached hydrogen (secondary N) is 1. The number of hydrogen-bond donors (Lipinski definition) is 2. The molecule has 0 aromatic heterocycles. The Morgan fingerprint density at radius 3 is 2.50 bits per heavy atom. The van der Waals surface area contributed by atoms with E-state index >= 15 is 0 Å². The highest BCUT2D eigenvalue weighted by Crippen LogP contribution is 2.27. The van der Waals surface area contributed by atoms with Crippen molar-refractivity contribution in [2.24, 2.45) is 11.8 Å². The Hall–Kier alpha value is -0.570. The summed E-state index contributed by atoms with van der Waals surface area (Å²) in [6, 6.07) is 0.472. The van der Waals surface area contributed by atoms with Crippen molar-refractivity contribution in [3.63, 3.8) is 0 Å². The van der Waals surface area contributed by atoms with Crippen LogP contribution in [0, 0.1) is 11.8 Å². The van der Waals surface area contributed by atoms with E-state index < -0.39 is 5.97 Å². The summed E-state index contributed by atoms with van der Waals surface area (Å²) >= 11 is 0. The summed E-state index contributed by atoms with van der Waals surface area (Å²) in [5, 5.41) is 12.0. The monoisotopic (exact) mass is 199 g/mol. The third-order valence-corrected chi connectivity index (χ3v) is 3.27. The topological polar surface area (TPSA) is 49.3 Å². The molecular formula is C11H21NO2. The zero-order valence-corrected chi connectivity index (χ0v) is 9.12. The van der Waals surface area contributed by atoms with Gasteiger partial charge in [-0.3, -0.25) is 4.79 Å². The molecule has 1 aliphatic carbocycles. The van der Waals surface area contributed by atoms with Gasteiger partial charge in [-0.25, -0.2) is 0 Å². The lowest BCUT2D eigenvalue weighted by Gasteiger charge is -2.21. The van der Waals surface area contributed by atoms with Crippen LogP contribution in [0.2, 0.25) is 0 Å². The normalized spacial score (nSPS) is 22.1. The van der Waals surface area contributed by atoms with Gasteiger partial charge < -0.3 is 10.4 Å². The largest absolute Gasteiger partial charge is 0.481 e. The summed E-state index contributed by atoms with van der Waals surface area (Å²) in [6.45, 7) is 4.51. The van der Waals surface area contributed by atoms with Crippen molar-refractivity contribution >= 4 is 5.97 Å². The maximum absolute atomic E-state index is 10.6. The summed E-state index contributed by atoms with van der Waals surface area (Å²) < 4.78 is 0. The molecule has 1 saturated carbocycles. The second-order valence-corrected chi connectivity index (χ2v) is 4.48. The van der Waals surface area contributed by atoms with Gasteiger partial charge in [0.15, 0.2) is 0 Å². The first-order valence-electron chi connectivity index (χ1n) is 5.57. The number of rotatable bonds is 5. The zero-order valence-electron chi connectivity index (χ0n) is 9.12. The molecule has 0 aromatic carbocycles. The van der Waals surface area contributed by atoms with Gasteiger partial charge in [0.2, 0.25) is 0 Å². The minimum absolute atomic E-state index is 0.279. The van der Waals surface area contributed by atoms with E-state index in [9.17, 15) is 4.79 Å². The molecule has 0 spiro atoms. The number of aliphatic carboxylic acids is 1. The van der Waals surface area contributed by atoms with Gasteiger partial charge in [-0.2, -0.15) is 0 Å². The van der Waals surface area contributed by atoms with E-state index in [1.165, 1.54) is 25.7 Å². The fraction of sp³-hybridized carbons (Fsp3) is 0.909. The van der Waals surface area contributed by atoms with Gasteiger partial charge in [-0.15, -0.1) is 0 Å². The van der Waals surface area contributed by atoms with Gasteiger partial charge in [-0.1, -0.05) is 19.8 Å². The lowest BCUT2D eigenvalue weighted by molar-refractivity contribution is -0.141. The van der Waals surface area contributed by atoms with Crippen LogP contribution in [0.4, 0.5) is 0 Å². The van der Waals surface area contributed by atoms with Gasteiger partial charge in [0, 0.05) is 12.6 Å². The van der Waals surface area contributed by atoms with E-state index in [0.29, 0.717) is 12.6 Å². The molecule has 0 heterocycles. The molecule has 2 atom stereocenters. The molecule has 0 aromatic rings. The van der Waals surface area contributed by atoms with Crippen LogP contribution in [0.1, 0.15) is 39.5 Å². The van der Waals surface area contributed by atoms with Crippen molar-refractivity contribution in [2.75, 3.05) is 6.54 Å². The molecule has 0 aliphatic heterocycles. The number of carboxylic acid groups (broad SMARTS) is 1. The molecule has 3 heteroatoms. The summed E-state index contributed by atoms with van der Waals surface area (Å²) in [7, 11) is 0. The lowest BCUT2D eigenvalue weighted by atomic mass is 9.99. The van der Waals surface area contributed by atoms with Crippen molar-refractivity contribution in [1.82, 2.24) is 5.32 Å². The molecule has 0 saturated heterocycles. The third-order valence-electron chi connectivity index (χ3n) is 3.27. The maximum Gasteiger partial charge on any atom is 0.307 e. The van der Waals surface area contributed by atoms with Crippen molar-refractivity contribution in [3.05, 3.63) is 0 Å². The average molecular weight is 199 g/mol. The fourth-order valence-electron chi connectivity index (χ4n) is 2.07. The molecule has 2 N–H and O–H groups in total. The Labute approximate surface area is 85.9 Å². The molecule has 1 aliphatic rings. The summed E-state index contributed by atoms with van der Waals surface area (Å²) in [4.78, 5) is 10.6. The first-order chi connectivity index (χ1) is 6.61. The minimum Gasteiger partial charge on any atom is -0.481 e. The van der Waals surface area contributed by atoms with E-state index in [-0.39, 0.29) is 5.92 Å². The number of carbonyl (C=O) groups is 1. The summed E-state index contributed by atoms with van der Waals surface area (Å²) in [5.41, 5.74) is 0. The third kappa shape index (κ3) is 3.29. The van der Waals surface area contributed by atoms with Crippen molar-refractivity contribution in [3.8, 4) is 0 Å². The molecule has 1 fully saturated rings. The number of carboxylic acids is 1. The van der Waals surface area contributed by atoms with Gasteiger partial charge in [0.05, 0.1) is 5.92 Å². The van der Waals surface area contributed by atoms with Crippen molar-refractivity contribution < 1.29 is 9.90 Å². The van der Waals surface area contributed by atoms with E-state index in [1.807, 2.05) is 0 Å². The van der Waals surface area contributed by atoms with Crippen molar-refractivity contribution in [2.45, 2.75) is 45.6 Å². The Bertz CT molecular complexity index is 188. The standard InChI is InChI=1S/C11H21NO2/c1-8(11(13)14)7-12-9(2)10-5-3-4-6-10/h8-10,12H,3-7H2,1-2H3,(H,13,14)/t8?,9-/m0/s1. The second kappa shape index (κ2) is 5.35. The first kappa shape index (κ1) is 11.5. The molecule has 1 unspecified atom stereocenters. The van der Waals surface area contributed by atoms with E-state index in [0.717, 1.165) is 5.92 Å². The highest BCUT2D eigenvalue weighted by Gasteiger charge is 2.22. The second-order valence-electron chi connectivity index (χ2n) is 4.48. The van der Waals surface area contributed by atoms with Crippen LogP contribution in [0.25, 0.3) is 0 Å². The van der Waals surface area contributed by atoms with Crippen LogP contribution < -0.4 is 5.32 Å². The van der Waals surface area contributed by atoms with Crippen LogP contribution in [0.3, 0.4) is 0 Å². The lowest BCUT2D eigenvalue weighted by Crippen LogP contribution is -2.37. The SMILES string of the molecule is CC(CN[C@@H](C)C1CCCC1)C(=O)O. The highest BCUT2D eigenvalue weighted by molar-refractivity contribution is 5.69. The Balaban J connectivity index is 2.19. The van der Waals surface area contributed by atoms with Crippen LogP contribution in [-0.4, -0.2) is 23.7 Å². The minimum atomic E-state index is -0.712. The van der Waals surface area contributed by atoms with E-state index in [4.69, 9.17) is 5.11 Å². The molecule has 82 valence electrons. The summed E-state index contributed by atoms with van der Waals surface area (Å²) in [5.74, 6) is -0.231. The molecule has 0 radical (unpaired) electrons. The van der Waals surface area contributed by atoms with Gasteiger partial charge in [0.25, 0.3) is 0 Å². The zero-order chi connectivity index (χ0) is 10.6. The quantitative estimate of drug-likeness (QED) is 0.710. The Morgan fingerprint density at radius 1 is 1.43 bits per heavy atom. The van der Waals surface area contributed by atoms with E-state index in [1.54, 1.807) is 6.92 Å². The molecule has 0 bridgehead atoms. The Morgan fingerprint density at radius 2 is 2.00 bits per heavy atom. The first-order valence-corrected chi connectivity index (χ1v) is 5.57. The predicted molar refractivity (Wildman–Crippen MR) is 56.2 cm³/mol. The van der Waals surface area contributed by atoms with E-state index in [2.05, 4.69) is 12.2 Å². The van der Waals surface area contributed by atoms with Crippen molar-refractivity contribution in [1.29, 1.82) is 0 Å². The molecule has 1 rings (SSSR count). The predicted octanol–water partition coefficient (Wildman–Crippen LogP) is 1.88. The van der Waals surface area contributed by atoms with Crippen LogP contribution >= 0.6 is 0 Å². The van der Waals surface area contributed by atoms with Gasteiger partial charge in [0.1, 0.15) is 0 Å². The average Bonchev–Trinajstić information content (AvgIpc) is 2.66. The Kier molecular flexibility index (Phi) is 4.39. The molecule has 14 heavy (non-hydrogen) atoms. The molecule has 3 nitrogen and oxygen atoms in total. The maximum atomic E-state index is 10.6. The molecular weight excluding hydrogens is 178 g/mol. The smallest absolute Gasteiger partial charge is 0.307 e.